The summed E-state index contributed by atoms with van der Waals surface area (Å²) >= 11 is 3.59. The zero-order valence-corrected chi connectivity index (χ0v) is 23.4. The maximum absolute atomic E-state index is 3.59. The van der Waals surface area contributed by atoms with Gasteiger partial charge in [-0.1, -0.05) is 149 Å². The molecule has 0 nitrogen and oxygen atoms in total. The van der Waals surface area contributed by atoms with Crippen molar-refractivity contribution in [2.45, 2.75) is 5.92 Å². The summed E-state index contributed by atoms with van der Waals surface area (Å²) in [5.74, 6) is 0.126. The van der Waals surface area contributed by atoms with Gasteiger partial charge in [0.25, 0.3) is 0 Å². The molecule has 0 aliphatic carbocycles. The van der Waals surface area contributed by atoms with Gasteiger partial charge in [0, 0.05) is 10.4 Å². The zero-order valence-electron chi connectivity index (χ0n) is 21.8. The molecule has 1 heteroatoms. The molecule has 0 fully saturated rings. The lowest BCUT2D eigenvalue weighted by Gasteiger charge is -2.23. The number of fused-ring (bicyclic) bond motifs is 1. The Labute approximate surface area is 242 Å². The molecule has 0 aliphatic rings. The topological polar surface area (TPSA) is 0 Å². The lowest BCUT2D eigenvalue weighted by Crippen LogP contribution is -2.05. The fraction of sp³-hybridized carbons (Fsp3) is 0.0256. The van der Waals surface area contributed by atoms with E-state index in [0.717, 1.165) is 4.47 Å². The molecule has 0 saturated heterocycles. The molecule has 0 amide bonds. The maximum atomic E-state index is 3.59. The van der Waals surface area contributed by atoms with Crippen LogP contribution in [0.3, 0.4) is 0 Å². The molecule has 0 saturated carbocycles. The second-order valence-electron chi connectivity index (χ2n) is 10.6. The first-order chi connectivity index (χ1) is 19.7. The van der Waals surface area contributed by atoms with E-state index in [9.17, 15) is 0 Å². The van der Waals surface area contributed by atoms with Gasteiger partial charge in [-0.05, 0) is 83.0 Å². The summed E-state index contributed by atoms with van der Waals surface area (Å²) in [6, 6.07) is 53.7. The van der Waals surface area contributed by atoms with Crippen molar-refractivity contribution in [3.05, 3.63) is 167 Å². The van der Waals surface area contributed by atoms with Gasteiger partial charge >= 0.3 is 0 Å². The Kier molecular flexibility index (Phi) is 5.46. The van der Waals surface area contributed by atoms with Gasteiger partial charge in [0.2, 0.25) is 0 Å². The second-order valence-corrected chi connectivity index (χ2v) is 11.6. The standard InChI is InChI=1S/C39H25Br/c40-32-18-12-26(13-19-32)33-20-14-28-17-23-36-35(22-16-29-15-21-34(33)38(28)39(29)36)37(27-7-2-1-3-8-27)31-11-10-25-6-4-5-9-30(25)24-31/h1-24,37H. The largest absolute Gasteiger partial charge is 0.0622 e. The van der Waals surface area contributed by atoms with Crippen LogP contribution in [-0.2, 0) is 0 Å². The van der Waals surface area contributed by atoms with Gasteiger partial charge in [0.05, 0.1) is 0 Å². The number of hydrogen-bond donors (Lipinski definition) is 0. The normalized spacial score (nSPS) is 12.5. The van der Waals surface area contributed by atoms with Crippen LogP contribution >= 0.6 is 15.9 Å². The van der Waals surface area contributed by atoms with Crippen LogP contribution in [0.5, 0.6) is 0 Å². The Morgan fingerprint density at radius 3 is 1.85 bits per heavy atom. The van der Waals surface area contributed by atoms with Gasteiger partial charge in [-0.2, -0.15) is 0 Å². The minimum absolute atomic E-state index is 0.126. The Bertz CT molecular complexity index is 2160. The van der Waals surface area contributed by atoms with Crippen molar-refractivity contribution in [3.8, 4) is 11.1 Å². The molecule has 1 atom stereocenters. The van der Waals surface area contributed by atoms with Crippen molar-refractivity contribution in [2.24, 2.45) is 0 Å². The Balaban J connectivity index is 1.42. The van der Waals surface area contributed by atoms with Crippen molar-refractivity contribution >= 4 is 59.0 Å². The first-order valence-electron chi connectivity index (χ1n) is 13.7. The van der Waals surface area contributed by atoms with Crippen molar-refractivity contribution in [3.63, 3.8) is 0 Å². The van der Waals surface area contributed by atoms with Gasteiger partial charge in [0.15, 0.2) is 0 Å². The highest BCUT2D eigenvalue weighted by molar-refractivity contribution is 9.10. The van der Waals surface area contributed by atoms with E-state index in [-0.39, 0.29) is 5.92 Å². The van der Waals surface area contributed by atoms with Crippen LogP contribution in [0, 0.1) is 0 Å². The van der Waals surface area contributed by atoms with Crippen molar-refractivity contribution in [2.75, 3.05) is 0 Å². The predicted octanol–water partition coefficient (Wildman–Crippen LogP) is 11.3. The van der Waals surface area contributed by atoms with Crippen LogP contribution in [0.4, 0.5) is 0 Å². The quantitative estimate of drug-likeness (QED) is 0.145. The monoisotopic (exact) mass is 572 g/mol. The first-order valence-corrected chi connectivity index (χ1v) is 14.5. The van der Waals surface area contributed by atoms with Crippen LogP contribution in [0.1, 0.15) is 22.6 Å². The van der Waals surface area contributed by atoms with Gasteiger partial charge in [-0.15, -0.1) is 0 Å². The molecule has 0 aliphatic heterocycles. The highest BCUT2D eigenvalue weighted by Crippen LogP contribution is 2.44. The summed E-state index contributed by atoms with van der Waals surface area (Å²) in [5, 5.41) is 10.5. The fourth-order valence-electron chi connectivity index (χ4n) is 6.54. The third-order valence-electron chi connectivity index (χ3n) is 8.40. The van der Waals surface area contributed by atoms with Gasteiger partial charge < -0.3 is 0 Å². The second kappa shape index (κ2) is 9.33. The highest BCUT2D eigenvalue weighted by Gasteiger charge is 2.22. The smallest absolute Gasteiger partial charge is 0.0346 e. The highest BCUT2D eigenvalue weighted by atomic mass is 79.9. The average Bonchev–Trinajstić information content (AvgIpc) is 3.01. The van der Waals surface area contributed by atoms with Crippen molar-refractivity contribution in [1.29, 1.82) is 0 Å². The van der Waals surface area contributed by atoms with Crippen LogP contribution < -0.4 is 0 Å². The summed E-state index contributed by atoms with van der Waals surface area (Å²) in [7, 11) is 0. The van der Waals surface area contributed by atoms with E-state index in [1.54, 1.807) is 0 Å². The molecule has 0 aromatic heterocycles. The van der Waals surface area contributed by atoms with Crippen molar-refractivity contribution in [1.82, 2.24) is 0 Å². The zero-order chi connectivity index (χ0) is 26.6. The van der Waals surface area contributed by atoms with E-state index in [0.29, 0.717) is 0 Å². The molecule has 0 heterocycles. The number of rotatable bonds is 4. The Morgan fingerprint density at radius 1 is 0.425 bits per heavy atom. The molecule has 1 unspecified atom stereocenters. The van der Waals surface area contributed by atoms with E-state index >= 15 is 0 Å². The van der Waals surface area contributed by atoms with E-state index in [4.69, 9.17) is 0 Å². The van der Waals surface area contributed by atoms with E-state index in [1.165, 1.54) is 70.9 Å². The SMILES string of the molecule is Brc1ccc(-c2ccc3ccc4c(C(c5ccccc5)c5ccc6ccccc6c5)ccc5ccc2c3c54)cc1. The third kappa shape index (κ3) is 3.73. The molecular formula is C39H25Br. The number of halogens is 1. The fourth-order valence-corrected chi connectivity index (χ4v) is 6.81. The lowest BCUT2D eigenvalue weighted by molar-refractivity contribution is 0.993. The van der Waals surface area contributed by atoms with E-state index in [1.807, 2.05) is 0 Å². The van der Waals surface area contributed by atoms with Crippen LogP contribution in [0.15, 0.2) is 150 Å². The summed E-state index contributed by atoms with van der Waals surface area (Å²) in [6.45, 7) is 0. The molecule has 8 aromatic rings. The van der Waals surface area contributed by atoms with E-state index < -0.39 is 0 Å². The van der Waals surface area contributed by atoms with Crippen LogP contribution in [-0.4, -0.2) is 0 Å². The molecule has 8 rings (SSSR count). The molecule has 0 radical (unpaired) electrons. The molecule has 0 N–H and O–H groups in total. The molecular weight excluding hydrogens is 548 g/mol. The van der Waals surface area contributed by atoms with Crippen LogP contribution in [0.25, 0.3) is 54.2 Å². The summed E-state index contributed by atoms with van der Waals surface area (Å²) < 4.78 is 1.10. The molecule has 0 bridgehead atoms. The Morgan fingerprint density at radius 2 is 1.05 bits per heavy atom. The predicted molar refractivity (Wildman–Crippen MR) is 175 cm³/mol. The van der Waals surface area contributed by atoms with Crippen LogP contribution in [0.2, 0.25) is 0 Å². The summed E-state index contributed by atoms with van der Waals surface area (Å²) in [5.41, 5.74) is 6.48. The van der Waals surface area contributed by atoms with E-state index in [2.05, 4.69) is 162 Å². The molecule has 188 valence electrons. The summed E-state index contributed by atoms with van der Waals surface area (Å²) in [6.07, 6.45) is 0. The van der Waals surface area contributed by atoms with Gasteiger partial charge in [0.1, 0.15) is 0 Å². The molecule has 8 aromatic carbocycles. The molecule has 0 spiro atoms. The minimum Gasteiger partial charge on any atom is -0.0622 e. The van der Waals surface area contributed by atoms with Gasteiger partial charge in [-0.25, -0.2) is 0 Å². The third-order valence-corrected chi connectivity index (χ3v) is 8.93. The number of benzene rings is 8. The maximum Gasteiger partial charge on any atom is 0.0346 e. The van der Waals surface area contributed by atoms with Gasteiger partial charge in [-0.3, -0.25) is 0 Å². The minimum atomic E-state index is 0.126. The first kappa shape index (κ1) is 23.4. The van der Waals surface area contributed by atoms with Crippen molar-refractivity contribution < 1.29 is 0 Å². The number of hydrogen-bond acceptors (Lipinski definition) is 0. The molecule has 40 heavy (non-hydrogen) atoms. The summed E-state index contributed by atoms with van der Waals surface area (Å²) in [4.78, 5) is 0. The average molecular weight is 574 g/mol. The Hall–Kier alpha value is -4.46. The lowest BCUT2D eigenvalue weighted by atomic mass is 9.80.